The van der Waals surface area contributed by atoms with Crippen molar-refractivity contribution < 1.29 is 13.9 Å². The highest BCUT2D eigenvalue weighted by molar-refractivity contribution is 7.98. The summed E-state index contributed by atoms with van der Waals surface area (Å²) in [7, 11) is 0. The molecule has 3 heterocycles. The van der Waals surface area contributed by atoms with Crippen LogP contribution >= 0.6 is 23.1 Å². The van der Waals surface area contributed by atoms with Crippen molar-refractivity contribution in [2.75, 3.05) is 0 Å². The van der Waals surface area contributed by atoms with E-state index in [1.165, 1.54) is 23.9 Å². The molecule has 1 aliphatic heterocycles. The van der Waals surface area contributed by atoms with Crippen molar-refractivity contribution in [3.05, 3.63) is 86.3 Å². The van der Waals surface area contributed by atoms with E-state index < -0.39 is 6.29 Å². The summed E-state index contributed by atoms with van der Waals surface area (Å²) in [5.41, 5.74) is 2.31. The molecule has 0 saturated heterocycles. The van der Waals surface area contributed by atoms with Crippen LogP contribution in [-0.2, 0) is 30.1 Å². The lowest BCUT2D eigenvalue weighted by molar-refractivity contribution is -0.112. The molecule has 1 atom stereocenters. The lowest BCUT2D eigenvalue weighted by Gasteiger charge is -2.28. The van der Waals surface area contributed by atoms with Crippen LogP contribution in [0.1, 0.15) is 55.0 Å². The molecule has 2 aromatic heterocycles. The summed E-state index contributed by atoms with van der Waals surface area (Å²) >= 11 is 3.01. The van der Waals surface area contributed by atoms with Crippen LogP contribution in [0.4, 0.5) is 4.39 Å². The van der Waals surface area contributed by atoms with Gasteiger partial charge in [-0.1, -0.05) is 62.9 Å². The molecule has 0 amide bonds. The first-order valence-corrected chi connectivity index (χ1v) is 14.0. The summed E-state index contributed by atoms with van der Waals surface area (Å²) < 4.78 is 28.4. The van der Waals surface area contributed by atoms with E-state index in [2.05, 4.69) is 20.8 Å². The molecule has 5 nitrogen and oxygen atoms in total. The van der Waals surface area contributed by atoms with E-state index in [4.69, 9.17) is 14.5 Å². The van der Waals surface area contributed by atoms with Crippen molar-refractivity contribution in [2.24, 2.45) is 5.92 Å². The molecule has 2 aromatic carbocycles. The third-order valence-corrected chi connectivity index (χ3v) is 8.40. The topological polar surface area (TPSA) is 53.4 Å². The quantitative estimate of drug-likeness (QED) is 0.182. The Morgan fingerprint density at radius 2 is 2.03 bits per heavy atom. The second-order valence-electron chi connectivity index (χ2n) is 9.33. The second kappa shape index (κ2) is 10.7. The molecule has 5 rings (SSSR count). The number of thiophene rings is 1. The average Bonchev–Trinajstić information content (AvgIpc) is 3.30. The van der Waals surface area contributed by atoms with Crippen LogP contribution in [0.2, 0.25) is 0 Å². The van der Waals surface area contributed by atoms with Gasteiger partial charge in [-0.15, -0.1) is 11.3 Å². The van der Waals surface area contributed by atoms with E-state index in [-0.39, 0.29) is 18.0 Å². The number of aromatic nitrogens is 2. The number of hydrogen-bond donors (Lipinski definition) is 0. The SMILES string of the molecule is CCc1cc2c(=O)n(CCC(C)C)c(SCc3cc(F)cc4c3O[C@@H](c3ccccc3)OC4)nc2s1. The van der Waals surface area contributed by atoms with E-state index in [1.807, 2.05) is 36.4 Å². The van der Waals surface area contributed by atoms with Gasteiger partial charge in [0.25, 0.3) is 5.56 Å². The first-order chi connectivity index (χ1) is 17.4. The van der Waals surface area contributed by atoms with Gasteiger partial charge in [0.05, 0.1) is 12.0 Å². The first-order valence-electron chi connectivity index (χ1n) is 12.2. The third-order valence-electron chi connectivity index (χ3n) is 6.20. The predicted octanol–water partition coefficient (Wildman–Crippen LogP) is 7.11. The van der Waals surface area contributed by atoms with Gasteiger partial charge in [-0.2, -0.15) is 0 Å². The normalized spacial score (nSPS) is 15.3. The molecular formula is C28H29FN2O3S2. The highest BCUT2D eigenvalue weighted by Crippen LogP contribution is 2.39. The zero-order valence-corrected chi connectivity index (χ0v) is 22.3. The standard InChI is InChI=1S/C28H29FN2O3S2/c1-4-22-14-23-25(36-22)30-28(31(26(23)32)11-10-17(2)3)35-16-20-13-21(29)12-19-15-33-27(34-24(19)20)18-8-6-5-7-9-18/h5-9,12-14,17,27H,4,10-11,15-16H2,1-3H3/t27-/m0/s1. The number of thioether (sulfide) groups is 1. The van der Waals surface area contributed by atoms with Gasteiger partial charge in [0.15, 0.2) is 5.16 Å². The molecule has 0 spiro atoms. The molecule has 0 saturated carbocycles. The minimum Gasteiger partial charge on any atom is -0.460 e. The summed E-state index contributed by atoms with van der Waals surface area (Å²) in [5, 5.41) is 1.33. The second-order valence-corrected chi connectivity index (χ2v) is 11.4. The molecule has 188 valence electrons. The Kier molecular flexibility index (Phi) is 7.46. The molecule has 0 fully saturated rings. The number of benzene rings is 2. The van der Waals surface area contributed by atoms with Crippen LogP contribution in [0.15, 0.2) is 58.5 Å². The van der Waals surface area contributed by atoms with Crippen LogP contribution in [0.25, 0.3) is 10.2 Å². The van der Waals surface area contributed by atoms with Gasteiger partial charge in [0.2, 0.25) is 6.29 Å². The van der Waals surface area contributed by atoms with Gasteiger partial charge in [-0.25, -0.2) is 9.37 Å². The summed E-state index contributed by atoms with van der Waals surface area (Å²) in [5.74, 6) is 1.19. The van der Waals surface area contributed by atoms with Crippen LogP contribution in [0.3, 0.4) is 0 Å². The molecule has 0 bridgehead atoms. The monoisotopic (exact) mass is 524 g/mol. The number of aryl methyl sites for hydroxylation is 1. The minimum atomic E-state index is -0.551. The number of nitrogens with zero attached hydrogens (tertiary/aromatic N) is 2. The van der Waals surface area contributed by atoms with Crippen LogP contribution in [0, 0.1) is 11.7 Å². The highest BCUT2D eigenvalue weighted by Gasteiger charge is 2.25. The molecule has 0 aliphatic carbocycles. The number of rotatable bonds is 8. The van der Waals surface area contributed by atoms with Crippen molar-refractivity contribution in [3.63, 3.8) is 0 Å². The lowest BCUT2D eigenvalue weighted by Crippen LogP contribution is -2.23. The van der Waals surface area contributed by atoms with Crippen LogP contribution < -0.4 is 10.3 Å². The van der Waals surface area contributed by atoms with Gasteiger partial charge in [-0.05, 0) is 37.0 Å². The molecular weight excluding hydrogens is 495 g/mol. The highest BCUT2D eigenvalue weighted by atomic mass is 32.2. The Labute approximate surface area is 218 Å². The zero-order chi connectivity index (χ0) is 25.2. The molecule has 4 aromatic rings. The van der Waals surface area contributed by atoms with Crippen molar-refractivity contribution in [2.45, 2.75) is 64.0 Å². The minimum absolute atomic E-state index is 0.00540. The van der Waals surface area contributed by atoms with E-state index in [0.717, 1.165) is 33.7 Å². The van der Waals surface area contributed by atoms with Crippen molar-refractivity contribution in [1.29, 1.82) is 0 Å². The molecule has 36 heavy (non-hydrogen) atoms. The molecule has 1 aliphatic rings. The number of halogens is 1. The number of hydrogen-bond acceptors (Lipinski definition) is 6. The van der Waals surface area contributed by atoms with Gasteiger partial charge < -0.3 is 9.47 Å². The van der Waals surface area contributed by atoms with Crippen molar-refractivity contribution >= 4 is 33.3 Å². The lowest BCUT2D eigenvalue weighted by atomic mass is 10.1. The molecule has 0 unspecified atom stereocenters. The Hall–Kier alpha value is -2.68. The fourth-order valence-corrected chi connectivity index (χ4v) is 6.22. The van der Waals surface area contributed by atoms with Gasteiger partial charge in [-0.3, -0.25) is 9.36 Å². The van der Waals surface area contributed by atoms with Crippen molar-refractivity contribution in [3.8, 4) is 5.75 Å². The Morgan fingerprint density at radius 3 is 2.78 bits per heavy atom. The maximum absolute atomic E-state index is 14.5. The van der Waals surface area contributed by atoms with E-state index in [9.17, 15) is 9.18 Å². The molecule has 0 radical (unpaired) electrons. The van der Waals surface area contributed by atoms with E-state index >= 15 is 0 Å². The fourth-order valence-electron chi connectivity index (χ4n) is 4.22. The summed E-state index contributed by atoms with van der Waals surface area (Å²) in [6, 6.07) is 14.7. The van der Waals surface area contributed by atoms with Crippen LogP contribution in [-0.4, -0.2) is 9.55 Å². The number of fused-ring (bicyclic) bond motifs is 2. The maximum atomic E-state index is 14.5. The average molecular weight is 525 g/mol. The zero-order valence-electron chi connectivity index (χ0n) is 20.6. The van der Waals surface area contributed by atoms with Gasteiger partial charge >= 0.3 is 0 Å². The summed E-state index contributed by atoms with van der Waals surface area (Å²) in [6.45, 7) is 7.23. The van der Waals surface area contributed by atoms with E-state index in [1.54, 1.807) is 15.9 Å². The fraction of sp³-hybridized carbons (Fsp3) is 0.357. The van der Waals surface area contributed by atoms with Crippen LogP contribution in [0.5, 0.6) is 5.75 Å². The summed E-state index contributed by atoms with van der Waals surface area (Å²) in [6.07, 6.45) is 1.19. The Bertz CT molecular complexity index is 1430. The summed E-state index contributed by atoms with van der Waals surface area (Å²) in [4.78, 5) is 20.2. The third kappa shape index (κ3) is 5.21. The Balaban J connectivity index is 1.47. The smallest absolute Gasteiger partial charge is 0.262 e. The number of ether oxygens (including phenoxy) is 2. The molecule has 8 heteroatoms. The van der Waals surface area contributed by atoms with Crippen molar-refractivity contribution in [1.82, 2.24) is 9.55 Å². The predicted molar refractivity (Wildman–Crippen MR) is 143 cm³/mol. The van der Waals surface area contributed by atoms with Gasteiger partial charge in [0, 0.05) is 33.9 Å². The largest absolute Gasteiger partial charge is 0.460 e. The first kappa shape index (κ1) is 25.0. The maximum Gasteiger partial charge on any atom is 0.262 e. The van der Waals surface area contributed by atoms with Gasteiger partial charge in [0.1, 0.15) is 16.4 Å². The van der Waals surface area contributed by atoms with E-state index in [0.29, 0.717) is 40.1 Å². The molecule has 0 N–H and O–H groups in total. The Morgan fingerprint density at radius 1 is 1.22 bits per heavy atom.